The van der Waals surface area contributed by atoms with Crippen LogP contribution in [0.15, 0.2) is 34.9 Å². The van der Waals surface area contributed by atoms with Crippen LogP contribution in [0.25, 0.3) is 11.0 Å². The maximum absolute atomic E-state index is 10.9. The Morgan fingerprint density at radius 1 is 1.50 bits per heavy atom. The highest BCUT2D eigenvalue weighted by Gasteiger charge is 2.15. The van der Waals surface area contributed by atoms with Gasteiger partial charge in [0, 0.05) is 5.39 Å². The summed E-state index contributed by atoms with van der Waals surface area (Å²) < 4.78 is 5.27. The second-order valence-corrected chi connectivity index (χ2v) is 3.68. The Bertz CT molecular complexity index is 504. The highest BCUT2D eigenvalue weighted by molar-refractivity contribution is 5.78. The van der Waals surface area contributed by atoms with E-state index in [4.69, 9.17) is 9.52 Å². The monoisotopic (exact) mass is 219 g/mol. The molecule has 0 amide bonds. The molecule has 4 nitrogen and oxygen atoms in total. The minimum atomic E-state index is -0.845. The first-order valence-electron chi connectivity index (χ1n) is 5.07. The first-order chi connectivity index (χ1) is 7.70. The molecule has 0 aliphatic carbocycles. The first-order valence-corrected chi connectivity index (χ1v) is 5.07. The van der Waals surface area contributed by atoms with Gasteiger partial charge in [-0.2, -0.15) is 0 Å². The topological polar surface area (TPSA) is 62.5 Å². The van der Waals surface area contributed by atoms with E-state index >= 15 is 0 Å². The standard InChI is InChI=1S/C12H13NO3/c1-13-10(12(14)15)6-8-2-3-9-4-5-16-11(9)7-8/h2-5,7,10,13H,6H2,1H3,(H,14,15). The van der Waals surface area contributed by atoms with Gasteiger partial charge in [-0.3, -0.25) is 4.79 Å². The van der Waals surface area contributed by atoms with Gasteiger partial charge in [0.15, 0.2) is 0 Å². The lowest BCUT2D eigenvalue weighted by atomic mass is 10.1. The zero-order chi connectivity index (χ0) is 11.5. The Morgan fingerprint density at radius 2 is 2.31 bits per heavy atom. The zero-order valence-electron chi connectivity index (χ0n) is 8.93. The van der Waals surface area contributed by atoms with Crippen molar-refractivity contribution in [3.63, 3.8) is 0 Å². The Kier molecular flexibility index (Phi) is 2.92. The fourth-order valence-electron chi connectivity index (χ4n) is 1.67. The molecule has 2 aromatic rings. The summed E-state index contributed by atoms with van der Waals surface area (Å²) >= 11 is 0. The van der Waals surface area contributed by atoms with Crippen molar-refractivity contribution in [3.05, 3.63) is 36.1 Å². The number of carbonyl (C=O) groups is 1. The number of hydrogen-bond donors (Lipinski definition) is 2. The largest absolute Gasteiger partial charge is 0.480 e. The van der Waals surface area contributed by atoms with Crippen molar-refractivity contribution in [3.8, 4) is 0 Å². The molecule has 2 N–H and O–H groups in total. The molecule has 0 radical (unpaired) electrons. The zero-order valence-corrected chi connectivity index (χ0v) is 8.93. The Labute approximate surface area is 92.9 Å². The summed E-state index contributed by atoms with van der Waals surface area (Å²) in [5, 5.41) is 12.7. The third-order valence-electron chi connectivity index (χ3n) is 2.61. The summed E-state index contributed by atoms with van der Waals surface area (Å²) in [5.74, 6) is -0.845. The fourth-order valence-corrected chi connectivity index (χ4v) is 1.67. The maximum atomic E-state index is 10.9. The van der Waals surface area contributed by atoms with Gasteiger partial charge in [0.1, 0.15) is 11.6 Å². The van der Waals surface area contributed by atoms with Gasteiger partial charge < -0.3 is 14.8 Å². The summed E-state index contributed by atoms with van der Waals surface area (Å²) in [4.78, 5) is 10.9. The molecule has 0 saturated carbocycles. The third kappa shape index (κ3) is 2.06. The average molecular weight is 219 g/mol. The number of benzene rings is 1. The number of carboxylic acids is 1. The van der Waals surface area contributed by atoms with Crippen molar-refractivity contribution in [1.82, 2.24) is 5.32 Å². The lowest BCUT2D eigenvalue weighted by Crippen LogP contribution is -2.35. The highest BCUT2D eigenvalue weighted by Crippen LogP contribution is 2.17. The number of aliphatic carboxylic acids is 1. The van der Waals surface area contributed by atoms with Gasteiger partial charge in [0.05, 0.1) is 6.26 Å². The van der Waals surface area contributed by atoms with Crippen LogP contribution in [0.1, 0.15) is 5.56 Å². The second kappa shape index (κ2) is 4.37. The van der Waals surface area contributed by atoms with Crippen LogP contribution in [-0.4, -0.2) is 24.2 Å². The van der Waals surface area contributed by atoms with Gasteiger partial charge >= 0.3 is 5.97 Å². The molecular formula is C12H13NO3. The van der Waals surface area contributed by atoms with Crippen molar-refractivity contribution in [2.24, 2.45) is 0 Å². The molecule has 4 heteroatoms. The van der Waals surface area contributed by atoms with Crippen molar-refractivity contribution in [2.75, 3.05) is 7.05 Å². The van der Waals surface area contributed by atoms with E-state index in [1.165, 1.54) is 0 Å². The number of nitrogens with one attached hydrogen (secondary N) is 1. The lowest BCUT2D eigenvalue weighted by molar-refractivity contribution is -0.139. The Balaban J connectivity index is 2.23. The molecule has 1 atom stereocenters. The van der Waals surface area contributed by atoms with Crippen molar-refractivity contribution in [2.45, 2.75) is 12.5 Å². The first kappa shape index (κ1) is 10.7. The summed E-state index contributed by atoms with van der Waals surface area (Å²) in [5.41, 5.74) is 1.74. The molecule has 0 fully saturated rings. The molecule has 1 unspecified atom stereocenters. The number of furan rings is 1. The predicted molar refractivity (Wildman–Crippen MR) is 60.4 cm³/mol. The molecule has 16 heavy (non-hydrogen) atoms. The number of rotatable bonds is 4. The lowest BCUT2D eigenvalue weighted by Gasteiger charge is -2.10. The molecule has 1 aromatic heterocycles. The molecule has 0 bridgehead atoms. The van der Waals surface area contributed by atoms with E-state index in [1.54, 1.807) is 13.3 Å². The summed E-state index contributed by atoms with van der Waals surface area (Å²) in [6.07, 6.45) is 2.07. The number of carboxylic acid groups (broad SMARTS) is 1. The molecule has 0 aliphatic heterocycles. The second-order valence-electron chi connectivity index (χ2n) is 3.68. The number of likely N-dealkylation sites (N-methyl/N-ethyl adjacent to an activating group) is 1. The van der Waals surface area contributed by atoms with Crippen LogP contribution in [0.3, 0.4) is 0 Å². The minimum absolute atomic E-state index is 0.447. The molecular weight excluding hydrogens is 206 g/mol. The molecule has 84 valence electrons. The summed E-state index contributed by atoms with van der Waals surface area (Å²) in [6.45, 7) is 0. The molecule has 0 aliphatic rings. The van der Waals surface area contributed by atoms with E-state index < -0.39 is 12.0 Å². The predicted octanol–water partition coefficient (Wildman–Crippen LogP) is 1.65. The summed E-state index contributed by atoms with van der Waals surface area (Å²) in [6, 6.07) is 7.05. The van der Waals surface area contributed by atoms with E-state index in [0.29, 0.717) is 6.42 Å². The Hall–Kier alpha value is -1.81. The van der Waals surface area contributed by atoms with E-state index in [1.807, 2.05) is 24.3 Å². The van der Waals surface area contributed by atoms with Crippen LogP contribution < -0.4 is 5.32 Å². The molecule has 2 rings (SSSR count). The van der Waals surface area contributed by atoms with Gasteiger partial charge in [-0.15, -0.1) is 0 Å². The van der Waals surface area contributed by atoms with Gasteiger partial charge in [-0.05, 0) is 31.2 Å². The van der Waals surface area contributed by atoms with Crippen molar-refractivity contribution < 1.29 is 14.3 Å². The van der Waals surface area contributed by atoms with Crippen LogP contribution in [0.5, 0.6) is 0 Å². The smallest absolute Gasteiger partial charge is 0.321 e. The van der Waals surface area contributed by atoms with Gasteiger partial charge in [0.2, 0.25) is 0 Å². The van der Waals surface area contributed by atoms with Gasteiger partial charge in [0.25, 0.3) is 0 Å². The minimum Gasteiger partial charge on any atom is -0.480 e. The van der Waals surface area contributed by atoms with Crippen LogP contribution in [0, 0.1) is 0 Å². The van der Waals surface area contributed by atoms with E-state index in [2.05, 4.69) is 5.32 Å². The molecule has 0 spiro atoms. The van der Waals surface area contributed by atoms with Crippen molar-refractivity contribution >= 4 is 16.9 Å². The fraction of sp³-hybridized carbons (Fsp3) is 0.250. The normalized spacial score (nSPS) is 12.8. The average Bonchev–Trinajstić information content (AvgIpc) is 2.72. The molecule has 0 saturated heterocycles. The SMILES string of the molecule is CNC(Cc1ccc2ccoc2c1)C(=O)O. The third-order valence-corrected chi connectivity index (χ3v) is 2.61. The highest BCUT2D eigenvalue weighted by atomic mass is 16.4. The van der Waals surface area contributed by atoms with Crippen LogP contribution in [0.2, 0.25) is 0 Å². The van der Waals surface area contributed by atoms with Gasteiger partial charge in [-0.25, -0.2) is 0 Å². The van der Waals surface area contributed by atoms with E-state index in [-0.39, 0.29) is 0 Å². The molecule has 1 aromatic carbocycles. The van der Waals surface area contributed by atoms with Crippen LogP contribution in [-0.2, 0) is 11.2 Å². The van der Waals surface area contributed by atoms with Crippen molar-refractivity contribution in [1.29, 1.82) is 0 Å². The summed E-state index contributed by atoms with van der Waals surface area (Å²) in [7, 11) is 1.64. The maximum Gasteiger partial charge on any atom is 0.321 e. The Morgan fingerprint density at radius 3 is 3.00 bits per heavy atom. The molecule has 1 heterocycles. The number of fused-ring (bicyclic) bond motifs is 1. The van der Waals surface area contributed by atoms with E-state index in [0.717, 1.165) is 16.5 Å². The number of hydrogen-bond acceptors (Lipinski definition) is 3. The quantitative estimate of drug-likeness (QED) is 0.820. The van der Waals surface area contributed by atoms with Crippen LogP contribution in [0.4, 0.5) is 0 Å². The van der Waals surface area contributed by atoms with Gasteiger partial charge in [-0.1, -0.05) is 12.1 Å². The van der Waals surface area contributed by atoms with Crippen LogP contribution >= 0.6 is 0 Å². The van der Waals surface area contributed by atoms with E-state index in [9.17, 15) is 4.79 Å².